The molecule has 5 heteroatoms. The fourth-order valence-electron chi connectivity index (χ4n) is 1.75. The lowest BCUT2D eigenvalue weighted by Crippen LogP contribution is -2.01. The Labute approximate surface area is 96.5 Å². The molecule has 0 spiro atoms. The van der Waals surface area contributed by atoms with Gasteiger partial charge in [-0.2, -0.15) is 5.10 Å². The number of carbonyl (C=O) groups is 1. The van der Waals surface area contributed by atoms with E-state index in [0.717, 1.165) is 16.5 Å². The zero-order valence-corrected chi connectivity index (χ0v) is 9.10. The second kappa shape index (κ2) is 3.55. The highest BCUT2D eigenvalue weighted by molar-refractivity contribution is 6.06. The molecule has 3 aromatic rings. The van der Waals surface area contributed by atoms with Crippen LogP contribution in [0.15, 0.2) is 35.0 Å². The minimum Gasteiger partial charge on any atom is -0.452 e. The quantitative estimate of drug-likeness (QED) is 0.680. The Morgan fingerprint density at radius 2 is 2.29 bits per heavy atom. The average molecular weight is 227 g/mol. The van der Waals surface area contributed by atoms with Crippen molar-refractivity contribution in [1.29, 1.82) is 0 Å². The lowest BCUT2D eigenvalue weighted by Gasteiger charge is -1.92. The number of hydrogen-bond donors (Lipinski definition) is 1. The normalized spacial score (nSPS) is 10.9. The van der Waals surface area contributed by atoms with Gasteiger partial charge >= 0.3 is 0 Å². The zero-order chi connectivity index (χ0) is 11.8. The van der Waals surface area contributed by atoms with Crippen molar-refractivity contribution in [3.05, 3.63) is 47.7 Å². The number of fused-ring (bicyclic) bond motifs is 1. The van der Waals surface area contributed by atoms with E-state index >= 15 is 0 Å². The van der Waals surface area contributed by atoms with E-state index in [4.69, 9.17) is 4.42 Å². The molecule has 0 fully saturated rings. The molecule has 2 heterocycles. The molecule has 0 atom stereocenters. The second-order valence-electron chi connectivity index (χ2n) is 3.77. The third-order valence-corrected chi connectivity index (χ3v) is 2.59. The molecule has 0 bridgehead atoms. The maximum absolute atomic E-state index is 12.0. The second-order valence-corrected chi connectivity index (χ2v) is 3.77. The van der Waals surface area contributed by atoms with Gasteiger partial charge in [0.25, 0.3) is 5.78 Å². The highest BCUT2D eigenvalue weighted by Gasteiger charge is 2.17. The van der Waals surface area contributed by atoms with Gasteiger partial charge in [0.2, 0.25) is 0 Å². The molecule has 3 rings (SSSR count). The number of ketones is 1. The number of H-pyrrole nitrogens is 1. The molecule has 0 aliphatic heterocycles. The Morgan fingerprint density at radius 3 is 3.00 bits per heavy atom. The Balaban J connectivity index is 2.13. The van der Waals surface area contributed by atoms with Gasteiger partial charge in [-0.3, -0.25) is 9.89 Å². The molecule has 84 valence electrons. The molecule has 1 N–H and O–H groups in total. The number of nitrogens with zero attached hydrogens (tertiary/aromatic N) is 2. The van der Waals surface area contributed by atoms with E-state index in [0.29, 0.717) is 0 Å². The molecule has 17 heavy (non-hydrogen) atoms. The number of aromatic amines is 1. The molecular formula is C12H9N3O2. The summed E-state index contributed by atoms with van der Waals surface area (Å²) in [6.45, 7) is 1.94. The van der Waals surface area contributed by atoms with Crippen LogP contribution in [0.25, 0.3) is 11.0 Å². The van der Waals surface area contributed by atoms with Crippen molar-refractivity contribution < 1.29 is 9.21 Å². The summed E-state index contributed by atoms with van der Waals surface area (Å²) in [6, 6.07) is 7.49. The van der Waals surface area contributed by atoms with Crippen molar-refractivity contribution in [2.24, 2.45) is 0 Å². The highest BCUT2D eigenvalue weighted by Crippen LogP contribution is 2.23. The SMILES string of the molecule is Cc1cccc2cc(C(=O)c3ncn[nH]3)oc12. The first-order valence-electron chi connectivity index (χ1n) is 5.15. The van der Waals surface area contributed by atoms with E-state index in [9.17, 15) is 4.79 Å². The van der Waals surface area contributed by atoms with Gasteiger partial charge in [-0.05, 0) is 18.6 Å². The van der Waals surface area contributed by atoms with Gasteiger partial charge in [0.05, 0.1) is 0 Å². The van der Waals surface area contributed by atoms with Crippen LogP contribution in [0, 0.1) is 6.92 Å². The predicted octanol–water partition coefficient (Wildman–Crippen LogP) is 2.09. The Bertz CT molecular complexity index is 683. The molecular weight excluding hydrogens is 218 g/mol. The molecule has 0 saturated heterocycles. The van der Waals surface area contributed by atoms with Crippen LogP contribution >= 0.6 is 0 Å². The number of aryl methyl sites for hydroxylation is 1. The molecule has 0 aliphatic carbocycles. The van der Waals surface area contributed by atoms with Crippen molar-refractivity contribution in [3.63, 3.8) is 0 Å². The summed E-state index contributed by atoms with van der Waals surface area (Å²) >= 11 is 0. The summed E-state index contributed by atoms with van der Waals surface area (Å²) in [5.74, 6) is 0.158. The number of rotatable bonds is 2. The van der Waals surface area contributed by atoms with Crippen LogP contribution < -0.4 is 0 Å². The lowest BCUT2D eigenvalue weighted by molar-refractivity contribution is 0.100. The van der Waals surface area contributed by atoms with Crippen molar-refractivity contribution in [1.82, 2.24) is 15.2 Å². The maximum atomic E-state index is 12.0. The van der Waals surface area contributed by atoms with Crippen LogP contribution in [0.3, 0.4) is 0 Å². The first kappa shape index (κ1) is 9.77. The van der Waals surface area contributed by atoms with Gasteiger partial charge in [-0.15, -0.1) is 0 Å². The third kappa shape index (κ3) is 1.52. The Morgan fingerprint density at radius 1 is 1.41 bits per heavy atom. The fraction of sp³-hybridized carbons (Fsp3) is 0.0833. The van der Waals surface area contributed by atoms with Gasteiger partial charge in [0.1, 0.15) is 11.9 Å². The van der Waals surface area contributed by atoms with Gasteiger partial charge in [-0.1, -0.05) is 18.2 Å². The summed E-state index contributed by atoms with van der Waals surface area (Å²) in [5.41, 5.74) is 1.73. The number of para-hydroxylation sites is 1. The molecule has 5 nitrogen and oxygen atoms in total. The summed E-state index contributed by atoms with van der Waals surface area (Å²) in [5, 5.41) is 7.08. The number of hydrogen-bond acceptors (Lipinski definition) is 4. The average Bonchev–Trinajstić information content (AvgIpc) is 2.98. The van der Waals surface area contributed by atoms with Crippen LogP contribution in [0.5, 0.6) is 0 Å². The number of furan rings is 1. The monoisotopic (exact) mass is 227 g/mol. The van der Waals surface area contributed by atoms with Crippen molar-refractivity contribution >= 4 is 16.8 Å². The topological polar surface area (TPSA) is 71.8 Å². The van der Waals surface area contributed by atoms with E-state index in [1.54, 1.807) is 6.07 Å². The number of benzene rings is 1. The molecule has 2 aromatic heterocycles. The van der Waals surface area contributed by atoms with Gasteiger partial charge < -0.3 is 4.42 Å². The van der Waals surface area contributed by atoms with E-state index in [1.165, 1.54) is 6.33 Å². The van der Waals surface area contributed by atoms with Crippen LogP contribution in [-0.2, 0) is 0 Å². The van der Waals surface area contributed by atoms with E-state index in [2.05, 4.69) is 15.2 Å². The summed E-state index contributed by atoms with van der Waals surface area (Å²) in [6.07, 6.45) is 1.29. The number of carbonyl (C=O) groups excluding carboxylic acids is 1. The smallest absolute Gasteiger partial charge is 0.264 e. The van der Waals surface area contributed by atoms with Crippen LogP contribution in [0.1, 0.15) is 21.9 Å². The van der Waals surface area contributed by atoms with Crippen molar-refractivity contribution in [3.8, 4) is 0 Å². The molecule has 1 aromatic carbocycles. The van der Waals surface area contributed by atoms with Gasteiger partial charge in [0.15, 0.2) is 11.6 Å². The number of aromatic nitrogens is 3. The zero-order valence-electron chi connectivity index (χ0n) is 9.10. The third-order valence-electron chi connectivity index (χ3n) is 2.59. The van der Waals surface area contributed by atoms with Gasteiger partial charge in [-0.25, -0.2) is 4.98 Å². The Kier molecular flexibility index (Phi) is 2.04. The molecule has 0 amide bonds. The van der Waals surface area contributed by atoms with Crippen LogP contribution in [0.4, 0.5) is 0 Å². The first-order valence-corrected chi connectivity index (χ1v) is 5.15. The predicted molar refractivity (Wildman–Crippen MR) is 60.8 cm³/mol. The van der Waals surface area contributed by atoms with Gasteiger partial charge in [0, 0.05) is 5.39 Å². The van der Waals surface area contributed by atoms with Crippen molar-refractivity contribution in [2.45, 2.75) is 6.92 Å². The molecule has 0 aliphatic rings. The Hall–Kier alpha value is -2.43. The van der Waals surface area contributed by atoms with E-state index in [1.807, 2.05) is 25.1 Å². The first-order chi connectivity index (χ1) is 8.25. The largest absolute Gasteiger partial charge is 0.452 e. The molecule has 0 saturated carbocycles. The van der Waals surface area contributed by atoms with Crippen molar-refractivity contribution in [2.75, 3.05) is 0 Å². The fourth-order valence-corrected chi connectivity index (χ4v) is 1.75. The standard InChI is InChI=1S/C12H9N3O2/c1-7-3-2-4-8-5-9(17-11(7)8)10(16)12-13-6-14-15-12/h2-6H,1H3,(H,13,14,15). The summed E-state index contributed by atoms with van der Waals surface area (Å²) in [7, 11) is 0. The van der Waals surface area contributed by atoms with E-state index in [-0.39, 0.29) is 17.4 Å². The minimum absolute atomic E-state index is 0.182. The molecule has 0 radical (unpaired) electrons. The van der Waals surface area contributed by atoms with E-state index < -0.39 is 0 Å². The summed E-state index contributed by atoms with van der Waals surface area (Å²) < 4.78 is 5.55. The summed E-state index contributed by atoms with van der Waals surface area (Å²) in [4.78, 5) is 15.8. The van der Waals surface area contributed by atoms with Crippen LogP contribution in [-0.4, -0.2) is 21.0 Å². The van der Waals surface area contributed by atoms with Crippen LogP contribution in [0.2, 0.25) is 0 Å². The lowest BCUT2D eigenvalue weighted by atomic mass is 10.2. The maximum Gasteiger partial charge on any atom is 0.264 e. The number of nitrogens with one attached hydrogen (secondary N) is 1. The molecule has 0 unspecified atom stereocenters. The highest BCUT2D eigenvalue weighted by atomic mass is 16.3. The minimum atomic E-state index is -0.293.